The molecule has 2 rings (SSSR count). The summed E-state index contributed by atoms with van der Waals surface area (Å²) in [5.74, 6) is 0.404. The zero-order valence-corrected chi connectivity index (χ0v) is 11.0. The molecule has 5 heteroatoms. The summed E-state index contributed by atoms with van der Waals surface area (Å²) in [6, 6.07) is 5.29. The summed E-state index contributed by atoms with van der Waals surface area (Å²) in [7, 11) is 1.34. The van der Waals surface area contributed by atoms with E-state index in [1.807, 2.05) is 13.0 Å². The quantitative estimate of drug-likeness (QED) is 0.609. The van der Waals surface area contributed by atoms with Gasteiger partial charge in [0.1, 0.15) is 12.1 Å². The van der Waals surface area contributed by atoms with Crippen molar-refractivity contribution < 1.29 is 14.3 Å². The minimum absolute atomic E-state index is 0.194. The average molecular weight is 260 g/mol. The van der Waals surface area contributed by atoms with E-state index in [1.165, 1.54) is 7.11 Å². The van der Waals surface area contributed by atoms with E-state index in [0.717, 1.165) is 25.0 Å². The molecule has 0 saturated carbocycles. The van der Waals surface area contributed by atoms with Crippen molar-refractivity contribution in [3.8, 4) is 0 Å². The largest absolute Gasteiger partial charge is 0.465 e. The molecule has 0 saturated heterocycles. The summed E-state index contributed by atoms with van der Waals surface area (Å²) in [5, 5.41) is 0. The molecular formula is C14H16N2O3. The molecule has 0 atom stereocenters. The van der Waals surface area contributed by atoms with Gasteiger partial charge in [-0.15, -0.1) is 0 Å². The molecule has 100 valence electrons. The third-order valence-electron chi connectivity index (χ3n) is 2.98. The van der Waals surface area contributed by atoms with Gasteiger partial charge < -0.3 is 14.1 Å². The molecule has 1 aromatic heterocycles. The van der Waals surface area contributed by atoms with Gasteiger partial charge in [0.05, 0.1) is 30.3 Å². The van der Waals surface area contributed by atoms with Gasteiger partial charge in [0.15, 0.2) is 0 Å². The van der Waals surface area contributed by atoms with Crippen LogP contribution in [0.2, 0.25) is 0 Å². The number of aryl methyl sites for hydroxylation is 1. The summed E-state index contributed by atoms with van der Waals surface area (Å²) < 4.78 is 6.57. The lowest BCUT2D eigenvalue weighted by molar-refractivity contribution is -0.108. The number of aldehydes is 1. The maximum absolute atomic E-state index is 11.8. The van der Waals surface area contributed by atoms with E-state index >= 15 is 0 Å². The molecule has 1 heterocycles. The molecule has 0 spiro atoms. The van der Waals surface area contributed by atoms with Gasteiger partial charge >= 0.3 is 5.97 Å². The Morgan fingerprint density at radius 2 is 2.26 bits per heavy atom. The third kappa shape index (κ3) is 2.36. The first-order chi connectivity index (χ1) is 9.22. The van der Waals surface area contributed by atoms with Crippen molar-refractivity contribution >= 4 is 23.3 Å². The number of methoxy groups -OCH3 is 1. The van der Waals surface area contributed by atoms with Crippen LogP contribution in [0.5, 0.6) is 0 Å². The summed E-state index contributed by atoms with van der Waals surface area (Å²) in [6.07, 6.45) is 2.51. The summed E-state index contributed by atoms with van der Waals surface area (Å²) in [5.41, 5.74) is 1.83. The maximum Gasteiger partial charge on any atom is 0.340 e. The van der Waals surface area contributed by atoms with Gasteiger partial charge in [0.2, 0.25) is 0 Å². The first-order valence-corrected chi connectivity index (χ1v) is 6.23. The number of nitrogens with zero attached hydrogens (tertiary/aromatic N) is 2. The van der Waals surface area contributed by atoms with Crippen molar-refractivity contribution in [1.29, 1.82) is 0 Å². The van der Waals surface area contributed by atoms with Gasteiger partial charge in [-0.05, 0) is 18.6 Å². The second-order valence-corrected chi connectivity index (χ2v) is 4.22. The molecule has 0 aliphatic carbocycles. The second kappa shape index (κ2) is 5.65. The molecule has 19 heavy (non-hydrogen) atoms. The number of aromatic nitrogens is 2. The molecule has 0 aliphatic heterocycles. The molecule has 0 N–H and O–H groups in total. The molecule has 5 nitrogen and oxygen atoms in total. The number of hydrogen-bond donors (Lipinski definition) is 0. The number of carbonyl (C=O) groups excluding carboxylic acids is 2. The van der Waals surface area contributed by atoms with Crippen LogP contribution in [-0.2, 0) is 22.5 Å². The number of imidazole rings is 1. The number of benzene rings is 1. The molecule has 2 aromatic rings. The number of para-hydroxylation sites is 1. The highest BCUT2D eigenvalue weighted by Gasteiger charge is 2.17. The van der Waals surface area contributed by atoms with Crippen molar-refractivity contribution in [2.45, 2.75) is 26.3 Å². The van der Waals surface area contributed by atoms with Crippen molar-refractivity contribution in [1.82, 2.24) is 9.55 Å². The summed E-state index contributed by atoms with van der Waals surface area (Å²) >= 11 is 0. The Kier molecular flexibility index (Phi) is 3.94. The van der Waals surface area contributed by atoms with E-state index in [9.17, 15) is 9.59 Å². The SMILES string of the molecule is CCCc1nc2cccc(C(=O)OC)c2n1CC=O. The minimum Gasteiger partial charge on any atom is -0.465 e. The van der Waals surface area contributed by atoms with Crippen molar-refractivity contribution in [2.24, 2.45) is 0 Å². The highest BCUT2D eigenvalue weighted by molar-refractivity contribution is 6.02. The number of carbonyl (C=O) groups is 2. The van der Waals surface area contributed by atoms with Crippen molar-refractivity contribution in [3.63, 3.8) is 0 Å². The Bertz CT molecular complexity index is 616. The first-order valence-electron chi connectivity index (χ1n) is 6.23. The van der Waals surface area contributed by atoms with Gasteiger partial charge in [-0.2, -0.15) is 0 Å². The lowest BCUT2D eigenvalue weighted by Crippen LogP contribution is -2.09. The maximum atomic E-state index is 11.8. The Morgan fingerprint density at radius 3 is 2.89 bits per heavy atom. The van der Waals surface area contributed by atoms with Crippen LogP contribution in [0.4, 0.5) is 0 Å². The smallest absolute Gasteiger partial charge is 0.340 e. The van der Waals surface area contributed by atoms with Crippen LogP contribution in [0.1, 0.15) is 29.5 Å². The van der Waals surface area contributed by atoms with Crippen LogP contribution in [0.25, 0.3) is 11.0 Å². The van der Waals surface area contributed by atoms with Crippen LogP contribution in [0.15, 0.2) is 18.2 Å². The van der Waals surface area contributed by atoms with Crippen LogP contribution >= 0.6 is 0 Å². The predicted molar refractivity (Wildman–Crippen MR) is 71.1 cm³/mol. The molecule has 0 aliphatic rings. The fourth-order valence-corrected chi connectivity index (χ4v) is 2.19. The zero-order chi connectivity index (χ0) is 13.8. The van der Waals surface area contributed by atoms with E-state index in [-0.39, 0.29) is 6.54 Å². The first kappa shape index (κ1) is 13.3. The minimum atomic E-state index is -0.416. The molecule has 0 radical (unpaired) electrons. The van der Waals surface area contributed by atoms with Crippen LogP contribution in [0, 0.1) is 0 Å². The standard InChI is InChI=1S/C14H16N2O3/c1-3-5-12-15-11-7-4-6-10(14(18)19-2)13(11)16(12)8-9-17/h4,6-7,9H,3,5,8H2,1-2H3. The highest BCUT2D eigenvalue weighted by Crippen LogP contribution is 2.22. The summed E-state index contributed by atoms with van der Waals surface area (Å²) in [4.78, 5) is 27.2. The molecule has 1 aromatic carbocycles. The van der Waals surface area contributed by atoms with Crippen LogP contribution in [-0.4, -0.2) is 28.9 Å². The number of fused-ring (bicyclic) bond motifs is 1. The number of hydrogen-bond acceptors (Lipinski definition) is 4. The van der Waals surface area contributed by atoms with Gasteiger partial charge in [-0.3, -0.25) is 0 Å². The average Bonchev–Trinajstić information content (AvgIpc) is 2.77. The Hall–Kier alpha value is -2.17. The lowest BCUT2D eigenvalue weighted by atomic mass is 10.2. The third-order valence-corrected chi connectivity index (χ3v) is 2.98. The fourth-order valence-electron chi connectivity index (χ4n) is 2.19. The number of rotatable bonds is 5. The molecule has 0 fully saturated rings. The Balaban J connectivity index is 2.70. The summed E-state index contributed by atoms with van der Waals surface area (Å²) in [6.45, 7) is 2.24. The van der Waals surface area contributed by atoms with E-state index in [2.05, 4.69) is 4.98 Å². The van der Waals surface area contributed by atoms with Gasteiger partial charge in [0, 0.05) is 6.42 Å². The number of esters is 1. The van der Waals surface area contributed by atoms with E-state index < -0.39 is 5.97 Å². The van der Waals surface area contributed by atoms with E-state index in [4.69, 9.17) is 4.74 Å². The fraction of sp³-hybridized carbons (Fsp3) is 0.357. The van der Waals surface area contributed by atoms with Gasteiger partial charge in [0.25, 0.3) is 0 Å². The van der Waals surface area contributed by atoms with Crippen molar-refractivity contribution in [2.75, 3.05) is 7.11 Å². The van der Waals surface area contributed by atoms with E-state index in [1.54, 1.807) is 16.7 Å². The Labute approximate surface area is 111 Å². The molecule has 0 unspecified atom stereocenters. The predicted octanol–water partition coefficient (Wildman–Crippen LogP) is 1.97. The van der Waals surface area contributed by atoms with E-state index in [0.29, 0.717) is 16.6 Å². The zero-order valence-electron chi connectivity index (χ0n) is 11.0. The second-order valence-electron chi connectivity index (χ2n) is 4.22. The van der Waals surface area contributed by atoms with Crippen LogP contribution in [0.3, 0.4) is 0 Å². The lowest BCUT2D eigenvalue weighted by Gasteiger charge is -2.07. The van der Waals surface area contributed by atoms with Gasteiger partial charge in [-0.1, -0.05) is 13.0 Å². The monoisotopic (exact) mass is 260 g/mol. The Morgan fingerprint density at radius 1 is 1.47 bits per heavy atom. The number of ether oxygens (including phenoxy) is 1. The topological polar surface area (TPSA) is 61.2 Å². The van der Waals surface area contributed by atoms with Crippen LogP contribution < -0.4 is 0 Å². The molecule has 0 amide bonds. The molecular weight excluding hydrogens is 244 g/mol. The normalized spacial score (nSPS) is 10.6. The highest BCUT2D eigenvalue weighted by atomic mass is 16.5. The van der Waals surface area contributed by atoms with Crippen molar-refractivity contribution in [3.05, 3.63) is 29.6 Å². The van der Waals surface area contributed by atoms with Gasteiger partial charge in [-0.25, -0.2) is 9.78 Å². The molecule has 0 bridgehead atoms.